The third kappa shape index (κ3) is 4.54. The van der Waals surface area contributed by atoms with Crippen LogP contribution in [-0.4, -0.2) is 38.8 Å². The standard InChI is InChI=1S/C19H19F3N2O4S/c1-28-17-7-5-14(21)10-18(17)29(26,27)24-8-2-3-12(11-24)19(25)23-16-6-4-13(20)9-15(16)22/h4-7,9-10,12H,2-3,8,11H2,1H3,(H,23,25)/t12-/m1/s1. The molecule has 1 aliphatic heterocycles. The molecule has 2 aromatic carbocycles. The molecule has 1 atom stereocenters. The summed E-state index contributed by atoms with van der Waals surface area (Å²) in [7, 11) is -2.84. The molecule has 0 aromatic heterocycles. The van der Waals surface area contributed by atoms with E-state index in [4.69, 9.17) is 4.74 Å². The average molecular weight is 428 g/mol. The molecule has 0 spiro atoms. The number of methoxy groups -OCH3 is 1. The fourth-order valence-corrected chi connectivity index (χ4v) is 4.88. The van der Waals surface area contributed by atoms with Gasteiger partial charge in [0.05, 0.1) is 18.7 Å². The van der Waals surface area contributed by atoms with E-state index in [2.05, 4.69) is 5.32 Å². The van der Waals surface area contributed by atoms with Gasteiger partial charge in [-0.2, -0.15) is 4.31 Å². The van der Waals surface area contributed by atoms with E-state index >= 15 is 0 Å². The Morgan fingerprint density at radius 3 is 2.52 bits per heavy atom. The minimum atomic E-state index is -4.12. The predicted molar refractivity (Wildman–Crippen MR) is 99.4 cm³/mol. The third-order valence-corrected chi connectivity index (χ3v) is 6.57. The summed E-state index contributed by atoms with van der Waals surface area (Å²) in [4.78, 5) is 12.2. The molecule has 2 aromatic rings. The normalized spacial score (nSPS) is 17.7. The summed E-state index contributed by atoms with van der Waals surface area (Å²) in [6.07, 6.45) is 0.780. The molecule has 6 nitrogen and oxygen atoms in total. The Morgan fingerprint density at radius 1 is 1.14 bits per heavy atom. The summed E-state index contributed by atoms with van der Waals surface area (Å²) in [5.41, 5.74) is -0.191. The van der Waals surface area contributed by atoms with Gasteiger partial charge in [0.2, 0.25) is 15.9 Å². The molecule has 0 unspecified atom stereocenters. The van der Waals surface area contributed by atoms with E-state index in [1.165, 1.54) is 13.2 Å². The average Bonchev–Trinajstić information content (AvgIpc) is 2.70. The number of carbonyl (C=O) groups excluding carboxylic acids is 1. The van der Waals surface area contributed by atoms with Crippen LogP contribution in [0.5, 0.6) is 5.75 Å². The Morgan fingerprint density at radius 2 is 1.83 bits per heavy atom. The number of halogens is 3. The van der Waals surface area contributed by atoms with E-state index in [0.29, 0.717) is 18.9 Å². The van der Waals surface area contributed by atoms with E-state index in [0.717, 1.165) is 28.6 Å². The lowest BCUT2D eigenvalue weighted by Gasteiger charge is -2.31. The van der Waals surface area contributed by atoms with Crippen LogP contribution in [0.1, 0.15) is 12.8 Å². The first-order chi connectivity index (χ1) is 13.7. The van der Waals surface area contributed by atoms with Crippen molar-refractivity contribution in [3.05, 3.63) is 53.8 Å². The van der Waals surface area contributed by atoms with Gasteiger partial charge in [-0.3, -0.25) is 4.79 Å². The van der Waals surface area contributed by atoms with Crippen molar-refractivity contribution in [1.82, 2.24) is 4.31 Å². The van der Waals surface area contributed by atoms with Crippen molar-refractivity contribution in [2.24, 2.45) is 5.92 Å². The predicted octanol–water partition coefficient (Wildman–Crippen LogP) is 3.15. The maximum Gasteiger partial charge on any atom is 0.246 e. The van der Waals surface area contributed by atoms with E-state index in [1.807, 2.05) is 0 Å². The summed E-state index contributed by atoms with van der Waals surface area (Å²) in [6, 6.07) is 5.91. The molecule has 1 aliphatic rings. The lowest BCUT2D eigenvalue weighted by molar-refractivity contribution is -0.120. The first-order valence-electron chi connectivity index (χ1n) is 8.82. The highest BCUT2D eigenvalue weighted by atomic mass is 32.2. The molecule has 1 amide bonds. The summed E-state index contributed by atoms with van der Waals surface area (Å²) < 4.78 is 72.5. The smallest absolute Gasteiger partial charge is 0.246 e. The number of nitrogens with one attached hydrogen (secondary N) is 1. The van der Waals surface area contributed by atoms with Gasteiger partial charge in [-0.15, -0.1) is 0 Å². The Kier molecular flexibility index (Phi) is 6.13. The number of hydrogen-bond donors (Lipinski definition) is 1. The van der Waals surface area contributed by atoms with E-state index in [1.54, 1.807) is 0 Å². The fourth-order valence-electron chi connectivity index (χ4n) is 3.19. The molecule has 29 heavy (non-hydrogen) atoms. The second-order valence-corrected chi connectivity index (χ2v) is 8.52. The summed E-state index contributed by atoms with van der Waals surface area (Å²) in [5.74, 6) is -3.78. The second-order valence-electron chi connectivity index (χ2n) is 6.61. The number of sulfonamides is 1. The van der Waals surface area contributed by atoms with Crippen LogP contribution >= 0.6 is 0 Å². The van der Waals surface area contributed by atoms with Gasteiger partial charge in [-0.1, -0.05) is 0 Å². The zero-order valence-corrected chi connectivity index (χ0v) is 16.3. The largest absolute Gasteiger partial charge is 0.495 e. The van der Waals surface area contributed by atoms with Gasteiger partial charge in [0.25, 0.3) is 0 Å². The molecule has 1 fully saturated rings. The van der Waals surface area contributed by atoms with Crippen LogP contribution < -0.4 is 10.1 Å². The van der Waals surface area contributed by atoms with Crippen LogP contribution in [-0.2, 0) is 14.8 Å². The summed E-state index contributed by atoms with van der Waals surface area (Å²) in [5, 5.41) is 2.36. The Bertz CT molecular complexity index is 1030. The van der Waals surface area contributed by atoms with Crippen LogP contribution in [0.15, 0.2) is 41.3 Å². The Hall–Kier alpha value is -2.59. The Labute approximate surface area is 166 Å². The van der Waals surface area contributed by atoms with Gasteiger partial charge in [0.1, 0.15) is 28.1 Å². The van der Waals surface area contributed by atoms with Crippen LogP contribution in [0.3, 0.4) is 0 Å². The lowest BCUT2D eigenvalue weighted by Crippen LogP contribution is -2.43. The molecule has 10 heteroatoms. The van der Waals surface area contributed by atoms with Crippen LogP contribution in [0, 0.1) is 23.4 Å². The van der Waals surface area contributed by atoms with Crippen molar-refractivity contribution in [1.29, 1.82) is 0 Å². The molecule has 0 bridgehead atoms. The maximum absolute atomic E-state index is 13.8. The zero-order chi connectivity index (χ0) is 21.2. The van der Waals surface area contributed by atoms with Crippen molar-refractivity contribution in [3.8, 4) is 5.75 Å². The molecule has 0 saturated carbocycles. The zero-order valence-electron chi connectivity index (χ0n) is 15.5. The number of hydrogen-bond acceptors (Lipinski definition) is 4. The van der Waals surface area contributed by atoms with Gasteiger partial charge in [-0.25, -0.2) is 21.6 Å². The molecule has 1 N–H and O–H groups in total. The van der Waals surface area contributed by atoms with Crippen molar-refractivity contribution < 1.29 is 31.1 Å². The monoisotopic (exact) mass is 428 g/mol. The summed E-state index contributed by atoms with van der Waals surface area (Å²) >= 11 is 0. The number of anilines is 1. The maximum atomic E-state index is 13.8. The van der Waals surface area contributed by atoms with Crippen molar-refractivity contribution in [3.63, 3.8) is 0 Å². The van der Waals surface area contributed by atoms with E-state index < -0.39 is 39.3 Å². The van der Waals surface area contributed by atoms with Crippen molar-refractivity contribution >= 4 is 21.6 Å². The van der Waals surface area contributed by atoms with Crippen LogP contribution in [0.4, 0.5) is 18.9 Å². The molecular weight excluding hydrogens is 409 g/mol. The number of nitrogens with zero attached hydrogens (tertiary/aromatic N) is 1. The molecule has 1 heterocycles. The Balaban J connectivity index is 1.79. The van der Waals surface area contributed by atoms with Crippen LogP contribution in [0.2, 0.25) is 0 Å². The molecule has 1 saturated heterocycles. The first kappa shape index (κ1) is 21.1. The molecular formula is C19H19F3N2O4S. The minimum Gasteiger partial charge on any atom is -0.495 e. The highest BCUT2D eigenvalue weighted by molar-refractivity contribution is 7.89. The topological polar surface area (TPSA) is 75.7 Å². The highest BCUT2D eigenvalue weighted by Crippen LogP contribution is 2.31. The number of ether oxygens (including phenoxy) is 1. The number of rotatable bonds is 5. The van der Waals surface area contributed by atoms with E-state index in [-0.39, 0.29) is 29.4 Å². The summed E-state index contributed by atoms with van der Waals surface area (Å²) in [6.45, 7) is -0.00661. The fraction of sp³-hybridized carbons (Fsp3) is 0.316. The number of carbonyl (C=O) groups is 1. The highest BCUT2D eigenvalue weighted by Gasteiger charge is 2.35. The number of piperidine rings is 1. The molecule has 156 valence electrons. The van der Waals surface area contributed by atoms with Gasteiger partial charge < -0.3 is 10.1 Å². The first-order valence-corrected chi connectivity index (χ1v) is 10.3. The second kappa shape index (κ2) is 8.42. The van der Waals surface area contributed by atoms with Gasteiger partial charge in [0, 0.05) is 19.2 Å². The van der Waals surface area contributed by atoms with Crippen molar-refractivity contribution in [2.75, 3.05) is 25.5 Å². The van der Waals surface area contributed by atoms with E-state index in [9.17, 15) is 26.4 Å². The quantitative estimate of drug-likeness (QED) is 0.794. The van der Waals surface area contributed by atoms with Gasteiger partial charge >= 0.3 is 0 Å². The van der Waals surface area contributed by atoms with Crippen LogP contribution in [0.25, 0.3) is 0 Å². The van der Waals surface area contributed by atoms with Crippen molar-refractivity contribution in [2.45, 2.75) is 17.7 Å². The molecule has 3 rings (SSSR count). The number of amides is 1. The molecule has 0 radical (unpaired) electrons. The molecule has 0 aliphatic carbocycles. The minimum absolute atomic E-state index is 0.00800. The lowest BCUT2D eigenvalue weighted by atomic mass is 9.98. The third-order valence-electron chi connectivity index (χ3n) is 4.69. The number of benzene rings is 2. The SMILES string of the molecule is COc1ccc(F)cc1S(=O)(=O)N1CCC[C@@H](C(=O)Nc2ccc(F)cc2F)C1. The van der Waals surface area contributed by atoms with Gasteiger partial charge in [0.15, 0.2) is 0 Å². The van der Waals surface area contributed by atoms with Gasteiger partial charge in [-0.05, 0) is 43.2 Å².